The van der Waals surface area contributed by atoms with E-state index < -0.39 is 0 Å². The second-order valence-corrected chi connectivity index (χ2v) is 5.36. The maximum Gasteiger partial charge on any atom is 0.231 e. The Hall–Kier alpha value is -1.23. The topological polar surface area (TPSA) is 59.2 Å². The van der Waals surface area contributed by atoms with Crippen LogP contribution in [0.2, 0.25) is 0 Å². The fourth-order valence-electron chi connectivity index (χ4n) is 2.40. The van der Waals surface area contributed by atoms with Crippen LogP contribution in [-0.2, 0) is 11.2 Å². The molecule has 0 aromatic carbocycles. The van der Waals surface area contributed by atoms with Gasteiger partial charge in [0.2, 0.25) is 5.89 Å². The summed E-state index contributed by atoms with van der Waals surface area (Å²) in [5.74, 6) is 1.58. The molecule has 1 aromatic heterocycles. The zero-order chi connectivity index (χ0) is 13.1. The minimum Gasteiger partial charge on any atom is -0.339 e. The van der Waals surface area contributed by atoms with Crippen LogP contribution in [-0.4, -0.2) is 40.0 Å². The summed E-state index contributed by atoms with van der Waals surface area (Å²) < 4.78 is 5.29. The molecule has 5 nitrogen and oxygen atoms in total. The van der Waals surface area contributed by atoms with E-state index in [0.29, 0.717) is 23.7 Å². The molecule has 1 saturated heterocycles. The molecule has 0 amide bonds. The second kappa shape index (κ2) is 5.61. The highest BCUT2D eigenvalue weighted by Crippen LogP contribution is 2.26. The number of hydrogen-bond donors (Lipinski definition) is 0. The lowest BCUT2D eigenvalue weighted by Crippen LogP contribution is -2.39. The van der Waals surface area contributed by atoms with Gasteiger partial charge in [-0.3, -0.25) is 4.79 Å². The van der Waals surface area contributed by atoms with Crippen molar-refractivity contribution in [3.63, 3.8) is 0 Å². The van der Waals surface area contributed by atoms with Crippen LogP contribution >= 0.6 is 0 Å². The highest BCUT2D eigenvalue weighted by molar-refractivity contribution is 5.77. The van der Waals surface area contributed by atoms with E-state index in [2.05, 4.69) is 28.9 Å². The van der Waals surface area contributed by atoms with Crippen molar-refractivity contribution in [2.24, 2.45) is 0 Å². The zero-order valence-corrected chi connectivity index (χ0v) is 11.3. The smallest absolute Gasteiger partial charge is 0.231 e. The Labute approximate surface area is 108 Å². The number of rotatable bonds is 4. The number of piperidine rings is 1. The minimum absolute atomic E-state index is 0.0646. The Bertz CT molecular complexity index is 414. The summed E-state index contributed by atoms with van der Waals surface area (Å²) in [5, 5.41) is 3.88. The number of hydrogen-bond acceptors (Lipinski definition) is 5. The fourth-order valence-corrected chi connectivity index (χ4v) is 2.40. The molecule has 18 heavy (non-hydrogen) atoms. The van der Waals surface area contributed by atoms with E-state index in [9.17, 15) is 4.79 Å². The molecule has 1 unspecified atom stereocenters. The van der Waals surface area contributed by atoms with Crippen LogP contribution in [0.15, 0.2) is 4.52 Å². The van der Waals surface area contributed by atoms with Gasteiger partial charge in [0.1, 0.15) is 5.78 Å². The number of carbonyl (C=O) groups is 1. The second-order valence-electron chi connectivity index (χ2n) is 5.36. The Morgan fingerprint density at radius 2 is 2.33 bits per heavy atom. The highest BCUT2D eigenvalue weighted by atomic mass is 16.5. The third-order valence-corrected chi connectivity index (χ3v) is 3.42. The van der Waals surface area contributed by atoms with Gasteiger partial charge in [0.25, 0.3) is 0 Å². The Balaban J connectivity index is 2.02. The van der Waals surface area contributed by atoms with Crippen molar-refractivity contribution in [2.45, 2.75) is 52.0 Å². The Kier molecular flexibility index (Phi) is 4.11. The highest BCUT2D eigenvalue weighted by Gasteiger charge is 2.27. The third kappa shape index (κ3) is 3.16. The predicted octanol–water partition coefficient (Wildman–Crippen LogP) is 1.79. The predicted molar refractivity (Wildman–Crippen MR) is 67.4 cm³/mol. The van der Waals surface area contributed by atoms with Crippen LogP contribution in [0.1, 0.15) is 51.2 Å². The normalized spacial score (nSPS) is 21.4. The fraction of sp³-hybridized carbons (Fsp3) is 0.769. The molecule has 1 fully saturated rings. The quantitative estimate of drug-likeness (QED) is 0.816. The average Bonchev–Trinajstić information content (AvgIpc) is 2.77. The first-order valence-corrected chi connectivity index (χ1v) is 6.62. The molecule has 1 aliphatic heterocycles. The van der Waals surface area contributed by atoms with Crippen molar-refractivity contribution < 1.29 is 9.32 Å². The third-order valence-electron chi connectivity index (χ3n) is 3.42. The number of nitrogens with zero attached hydrogens (tertiary/aromatic N) is 3. The van der Waals surface area contributed by atoms with Crippen LogP contribution in [0.4, 0.5) is 0 Å². The molecule has 0 spiro atoms. The largest absolute Gasteiger partial charge is 0.339 e. The van der Waals surface area contributed by atoms with E-state index in [1.807, 2.05) is 0 Å². The standard InChI is InChI=1S/C13H21N3O2/c1-9(2)16-6-4-5-11(8-16)13-14-12(15-18-13)7-10(3)17/h9,11H,4-8H2,1-3H3. The van der Waals surface area contributed by atoms with Gasteiger partial charge in [0.15, 0.2) is 5.82 Å². The van der Waals surface area contributed by atoms with E-state index in [4.69, 9.17) is 4.52 Å². The van der Waals surface area contributed by atoms with Gasteiger partial charge in [-0.2, -0.15) is 4.98 Å². The number of Topliss-reactive ketones (excluding diaryl/α,β-unsaturated/α-hetero) is 1. The molecule has 2 rings (SSSR count). The number of likely N-dealkylation sites (tertiary alicyclic amines) is 1. The number of carbonyl (C=O) groups excluding carboxylic acids is 1. The molecule has 0 bridgehead atoms. The first-order valence-electron chi connectivity index (χ1n) is 6.62. The van der Waals surface area contributed by atoms with Crippen molar-refractivity contribution in [1.29, 1.82) is 0 Å². The zero-order valence-electron chi connectivity index (χ0n) is 11.3. The van der Waals surface area contributed by atoms with Crippen LogP contribution in [0.25, 0.3) is 0 Å². The van der Waals surface area contributed by atoms with Crippen molar-refractivity contribution in [1.82, 2.24) is 15.0 Å². The molecule has 5 heteroatoms. The van der Waals surface area contributed by atoms with Crippen LogP contribution in [0.5, 0.6) is 0 Å². The van der Waals surface area contributed by atoms with Gasteiger partial charge < -0.3 is 9.42 Å². The Morgan fingerprint density at radius 1 is 1.56 bits per heavy atom. The van der Waals surface area contributed by atoms with Crippen LogP contribution < -0.4 is 0 Å². The number of aromatic nitrogens is 2. The maximum atomic E-state index is 11.0. The van der Waals surface area contributed by atoms with Gasteiger partial charge >= 0.3 is 0 Å². The van der Waals surface area contributed by atoms with Crippen molar-refractivity contribution in [2.75, 3.05) is 13.1 Å². The molecule has 0 N–H and O–H groups in total. The van der Waals surface area contributed by atoms with E-state index in [1.54, 1.807) is 0 Å². The molecule has 1 aliphatic rings. The summed E-state index contributed by atoms with van der Waals surface area (Å²) in [7, 11) is 0. The van der Waals surface area contributed by atoms with Crippen molar-refractivity contribution in [3.05, 3.63) is 11.7 Å². The molecule has 2 heterocycles. The molecular weight excluding hydrogens is 230 g/mol. The molecular formula is C13H21N3O2. The van der Waals surface area contributed by atoms with E-state index in [-0.39, 0.29) is 12.2 Å². The van der Waals surface area contributed by atoms with Gasteiger partial charge in [-0.15, -0.1) is 0 Å². The molecule has 1 aromatic rings. The van der Waals surface area contributed by atoms with Gasteiger partial charge in [-0.25, -0.2) is 0 Å². The summed E-state index contributed by atoms with van der Waals surface area (Å²) >= 11 is 0. The first-order chi connectivity index (χ1) is 8.56. The van der Waals surface area contributed by atoms with Gasteiger partial charge in [-0.1, -0.05) is 5.16 Å². The lowest BCUT2D eigenvalue weighted by atomic mass is 9.97. The van der Waals surface area contributed by atoms with Gasteiger partial charge in [0.05, 0.1) is 12.3 Å². The SMILES string of the molecule is CC(=O)Cc1noc(C2CCCN(C(C)C)C2)n1. The summed E-state index contributed by atoms with van der Waals surface area (Å²) in [5.41, 5.74) is 0. The van der Waals surface area contributed by atoms with E-state index >= 15 is 0 Å². The lowest BCUT2D eigenvalue weighted by molar-refractivity contribution is -0.116. The van der Waals surface area contributed by atoms with Crippen molar-refractivity contribution in [3.8, 4) is 0 Å². The Morgan fingerprint density at radius 3 is 3.00 bits per heavy atom. The average molecular weight is 251 g/mol. The summed E-state index contributed by atoms with van der Waals surface area (Å²) in [4.78, 5) is 17.8. The minimum atomic E-state index is 0.0646. The maximum absolute atomic E-state index is 11.0. The monoisotopic (exact) mass is 251 g/mol. The molecule has 1 atom stereocenters. The summed E-state index contributed by atoms with van der Waals surface area (Å²) in [6.07, 6.45) is 2.52. The number of ketones is 1. The van der Waals surface area contributed by atoms with E-state index in [1.165, 1.54) is 6.92 Å². The van der Waals surface area contributed by atoms with Crippen LogP contribution in [0.3, 0.4) is 0 Å². The molecule has 0 aliphatic carbocycles. The van der Waals surface area contributed by atoms with Gasteiger partial charge in [-0.05, 0) is 40.2 Å². The lowest BCUT2D eigenvalue weighted by Gasteiger charge is -2.33. The summed E-state index contributed by atoms with van der Waals surface area (Å²) in [6.45, 7) is 8.06. The summed E-state index contributed by atoms with van der Waals surface area (Å²) in [6, 6.07) is 0.549. The molecule has 0 saturated carbocycles. The van der Waals surface area contributed by atoms with Crippen LogP contribution in [0, 0.1) is 0 Å². The van der Waals surface area contributed by atoms with E-state index in [0.717, 1.165) is 25.9 Å². The molecule has 0 radical (unpaired) electrons. The van der Waals surface area contributed by atoms with Gasteiger partial charge in [0, 0.05) is 12.6 Å². The first kappa shape index (κ1) is 13.2. The van der Waals surface area contributed by atoms with Crippen molar-refractivity contribution >= 4 is 5.78 Å². The molecule has 100 valence electrons.